The smallest absolute Gasteiger partial charge is 0.223 e. The van der Waals surface area contributed by atoms with Crippen LogP contribution in [0.25, 0.3) is 0 Å². The topological polar surface area (TPSA) is 41.1 Å². The highest BCUT2D eigenvalue weighted by atomic mass is 35.5. The van der Waals surface area contributed by atoms with Crippen molar-refractivity contribution in [1.29, 1.82) is 0 Å². The van der Waals surface area contributed by atoms with Crippen LogP contribution in [0.2, 0.25) is 5.02 Å². The molecule has 114 valence electrons. The Kier molecular flexibility index (Phi) is 4.23. The molecule has 2 aliphatic rings. The summed E-state index contributed by atoms with van der Waals surface area (Å²) in [4.78, 5) is 12.6. The number of nitrogens with one attached hydrogen (secondary N) is 2. The van der Waals surface area contributed by atoms with Gasteiger partial charge in [-0.2, -0.15) is 0 Å². The molecule has 1 heterocycles. The van der Waals surface area contributed by atoms with Gasteiger partial charge in [0.2, 0.25) is 5.91 Å². The van der Waals surface area contributed by atoms with Crippen LogP contribution in [-0.2, 0) is 10.3 Å². The molecule has 21 heavy (non-hydrogen) atoms. The fourth-order valence-electron chi connectivity index (χ4n) is 3.46. The van der Waals surface area contributed by atoms with E-state index in [0.29, 0.717) is 5.92 Å². The van der Waals surface area contributed by atoms with E-state index in [1.54, 1.807) is 0 Å². The average molecular weight is 307 g/mol. The van der Waals surface area contributed by atoms with E-state index in [1.807, 2.05) is 19.1 Å². The zero-order valence-corrected chi connectivity index (χ0v) is 13.2. The first-order valence-electron chi connectivity index (χ1n) is 7.89. The molecular formula is C17H23ClN2O. The molecule has 3 rings (SSSR count). The Morgan fingerprint density at radius 1 is 1.29 bits per heavy atom. The summed E-state index contributed by atoms with van der Waals surface area (Å²) in [6.07, 6.45) is 4.39. The molecule has 0 radical (unpaired) electrons. The summed E-state index contributed by atoms with van der Waals surface area (Å²) in [5.41, 5.74) is 1.00. The van der Waals surface area contributed by atoms with Gasteiger partial charge in [-0.15, -0.1) is 0 Å². The standard InChI is InChI=1S/C17H23ClN2O/c1-12(13-10-19-11-13)16(21)20-17(8-2-3-9-17)14-4-6-15(18)7-5-14/h4-7,12-13,19H,2-3,8-11H2,1H3,(H,20,21). The van der Waals surface area contributed by atoms with Crippen molar-refractivity contribution in [2.24, 2.45) is 11.8 Å². The normalized spacial score (nSPS) is 22.6. The van der Waals surface area contributed by atoms with Crippen LogP contribution >= 0.6 is 11.6 Å². The minimum Gasteiger partial charge on any atom is -0.346 e. The summed E-state index contributed by atoms with van der Waals surface area (Å²) >= 11 is 5.99. The van der Waals surface area contributed by atoms with E-state index >= 15 is 0 Å². The lowest BCUT2D eigenvalue weighted by molar-refractivity contribution is -0.128. The zero-order valence-electron chi connectivity index (χ0n) is 12.5. The van der Waals surface area contributed by atoms with E-state index in [2.05, 4.69) is 22.8 Å². The molecule has 0 aromatic heterocycles. The molecule has 3 nitrogen and oxygen atoms in total. The maximum absolute atomic E-state index is 12.6. The van der Waals surface area contributed by atoms with Gasteiger partial charge in [-0.25, -0.2) is 0 Å². The second-order valence-electron chi connectivity index (χ2n) is 6.49. The van der Waals surface area contributed by atoms with E-state index < -0.39 is 0 Å². The second-order valence-corrected chi connectivity index (χ2v) is 6.93. The molecule has 0 bridgehead atoms. The average Bonchev–Trinajstić information content (AvgIpc) is 2.87. The van der Waals surface area contributed by atoms with E-state index in [-0.39, 0.29) is 17.4 Å². The number of hydrogen-bond donors (Lipinski definition) is 2. The lowest BCUT2D eigenvalue weighted by Crippen LogP contribution is -2.53. The molecule has 1 saturated carbocycles. The first kappa shape index (κ1) is 14.9. The fourth-order valence-corrected chi connectivity index (χ4v) is 3.59. The third-order valence-electron chi connectivity index (χ3n) is 5.15. The van der Waals surface area contributed by atoms with Crippen molar-refractivity contribution in [3.8, 4) is 0 Å². The van der Waals surface area contributed by atoms with Gasteiger partial charge < -0.3 is 10.6 Å². The summed E-state index contributed by atoms with van der Waals surface area (Å²) in [6, 6.07) is 7.96. The summed E-state index contributed by atoms with van der Waals surface area (Å²) in [7, 11) is 0. The van der Waals surface area contributed by atoms with Gasteiger partial charge in [0.05, 0.1) is 5.54 Å². The number of amides is 1. The van der Waals surface area contributed by atoms with Gasteiger partial charge in [0.25, 0.3) is 0 Å². The number of benzene rings is 1. The summed E-state index contributed by atoms with van der Waals surface area (Å²) in [6.45, 7) is 3.97. The van der Waals surface area contributed by atoms with Crippen LogP contribution in [-0.4, -0.2) is 19.0 Å². The van der Waals surface area contributed by atoms with Crippen LogP contribution in [0.1, 0.15) is 38.2 Å². The highest BCUT2D eigenvalue weighted by Gasteiger charge is 2.39. The van der Waals surface area contributed by atoms with Crippen molar-refractivity contribution in [1.82, 2.24) is 10.6 Å². The predicted octanol–water partition coefficient (Wildman–Crippen LogP) is 3.08. The number of halogens is 1. The molecule has 1 unspecified atom stereocenters. The van der Waals surface area contributed by atoms with Gasteiger partial charge in [-0.05, 0) is 49.5 Å². The van der Waals surface area contributed by atoms with Crippen molar-refractivity contribution in [2.45, 2.75) is 38.1 Å². The van der Waals surface area contributed by atoms with Crippen molar-refractivity contribution < 1.29 is 4.79 Å². The van der Waals surface area contributed by atoms with Gasteiger partial charge in [0.15, 0.2) is 0 Å². The van der Waals surface area contributed by atoms with Crippen LogP contribution in [0, 0.1) is 11.8 Å². The van der Waals surface area contributed by atoms with Crippen LogP contribution in [0.5, 0.6) is 0 Å². The molecule has 1 aromatic rings. The molecule has 0 spiro atoms. The third-order valence-corrected chi connectivity index (χ3v) is 5.40. The lowest BCUT2D eigenvalue weighted by Gasteiger charge is -2.36. The Balaban J connectivity index is 1.77. The number of rotatable bonds is 4. The minimum atomic E-state index is -0.187. The molecule has 1 saturated heterocycles. The van der Waals surface area contributed by atoms with Crippen molar-refractivity contribution in [3.05, 3.63) is 34.9 Å². The highest BCUT2D eigenvalue weighted by Crippen LogP contribution is 2.39. The molecule has 1 atom stereocenters. The highest BCUT2D eigenvalue weighted by molar-refractivity contribution is 6.30. The van der Waals surface area contributed by atoms with Gasteiger partial charge in [-0.1, -0.05) is 43.5 Å². The maximum atomic E-state index is 12.6. The van der Waals surface area contributed by atoms with E-state index in [9.17, 15) is 4.79 Å². The SMILES string of the molecule is CC(C(=O)NC1(c2ccc(Cl)cc2)CCCC1)C1CNC1. The van der Waals surface area contributed by atoms with E-state index in [4.69, 9.17) is 11.6 Å². The molecule has 2 fully saturated rings. The number of hydrogen-bond acceptors (Lipinski definition) is 2. The molecule has 4 heteroatoms. The Hall–Kier alpha value is -1.06. The second kappa shape index (κ2) is 5.98. The minimum absolute atomic E-state index is 0.0797. The van der Waals surface area contributed by atoms with E-state index in [1.165, 1.54) is 18.4 Å². The van der Waals surface area contributed by atoms with Crippen LogP contribution in [0.15, 0.2) is 24.3 Å². The maximum Gasteiger partial charge on any atom is 0.223 e. The largest absolute Gasteiger partial charge is 0.346 e. The molecule has 1 aromatic carbocycles. The Labute approximate surface area is 131 Å². The quantitative estimate of drug-likeness (QED) is 0.897. The molecule has 1 amide bonds. The third kappa shape index (κ3) is 2.95. The van der Waals surface area contributed by atoms with Crippen LogP contribution in [0.4, 0.5) is 0 Å². The van der Waals surface area contributed by atoms with Crippen molar-refractivity contribution in [3.63, 3.8) is 0 Å². The molecular weight excluding hydrogens is 284 g/mol. The van der Waals surface area contributed by atoms with Crippen molar-refractivity contribution in [2.75, 3.05) is 13.1 Å². The summed E-state index contributed by atoms with van der Waals surface area (Å²) in [5, 5.41) is 7.35. The summed E-state index contributed by atoms with van der Waals surface area (Å²) in [5.74, 6) is 0.753. The van der Waals surface area contributed by atoms with Crippen LogP contribution in [0.3, 0.4) is 0 Å². The lowest BCUT2D eigenvalue weighted by atomic mass is 9.84. The molecule has 2 N–H and O–H groups in total. The Bertz CT molecular complexity index is 504. The van der Waals surface area contributed by atoms with Crippen LogP contribution < -0.4 is 10.6 Å². The van der Waals surface area contributed by atoms with Gasteiger partial charge in [0.1, 0.15) is 0 Å². The first-order valence-corrected chi connectivity index (χ1v) is 8.27. The molecule has 1 aliphatic carbocycles. The molecule has 1 aliphatic heterocycles. The fraction of sp³-hybridized carbons (Fsp3) is 0.588. The van der Waals surface area contributed by atoms with Gasteiger partial charge in [0, 0.05) is 10.9 Å². The van der Waals surface area contributed by atoms with E-state index in [0.717, 1.165) is 31.0 Å². The summed E-state index contributed by atoms with van der Waals surface area (Å²) < 4.78 is 0. The number of carbonyl (C=O) groups is 1. The zero-order chi connectivity index (χ0) is 14.9. The number of carbonyl (C=O) groups excluding carboxylic acids is 1. The Morgan fingerprint density at radius 3 is 2.43 bits per heavy atom. The van der Waals surface area contributed by atoms with Gasteiger partial charge in [-0.3, -0.25) is 4.79 Å². The first-order chi connectivity index (χ1) is 10.1. The van der Waals surface area contributed by atoms with Crippen molar-refractivity contribution >= 4 is 17.5 Å². The Morgan fingerprint density at radius 2 is 1.90 bits per heavy atom. The predicted molar refractivity (Wildman–Crippen MR) is 85.3 cm³/mol. The monoisotopic (exact) mass is 306 g/mol. The van der Waals surface area contributed by atoms with Gasteiger partial charge >= 0.3 is 0 Å².